The predicted molar refractivity (Wildman–Crippen MR) is 88.2 cm³/mol. The first-order valence-corrected chi connectivity index (χ1v) is 8.33. The van der Waals surface area contributed by atoms with Crippen LogP contribution >= 0.6 is 0 Å². The Morgan fingerprint density at radius 1 is 1.22 bits per heavy atom. The third-order valence-electron chi connectivity index (χ3n) is 5.18. The molecule has 0 aromatic heterocycles. The van der Waals surface area contributed by atoms with Gasteiger partial charge in [0.15, 0.2) is 0 Å². The molecule has 1 unspecified atom stereocenters. The number of rotatable bonds is 3. The molecule has 0 radical (unpaired) electrons. The number of amides is 2. The molecular formula is C18H24N2O3. The van der Waals surface area contributed by atoms with Gasteiger partial charge in [0.05, 0.1) is 12.6 Å². The minimum absolute atomic E-state index is 0.0203. The van der Waals surface area contributed by atoms with Crippen molar-refractivity contribution in [1.29, 1.82) is 0 Å². The molecule has 0 aliphatic carbocycles. The number of carbonyl (C=O) groups excluding carboxylic acids is 2. The first kappa shape index (κ1) is 16.0. The van der Waals surface area contributed by atoms with Gasteiger partial charge in [0, 0.05) is 18.8 Å². The van der Waals surface area contributed by atoms with Gasteiger partial charge in [0.2, 0.25) is 11.8 Å². The lowest BCUT2D eigenvalue weighted by Crippen LogP contribution is -2.43. The maximum atomic E-state index is 12.7. The quantitative estimate of drug-likeness (QED) is 0.863. The van der Waals surface area contributed by atoms with Crippen molar-refractivity contribution >= 4 is 17.5 Å². The second kappa shape index (κ2) is 6.32. The van der Waals surface area contributed by atoms with Crippen molar-refractivity contribution < 1.29 is 14.7 Å². The fourth-order valence-electron chi connectivity index (χ4n) is 3.57. The summed E-state index contributed by atoms with van der Waals surface area (Å²) in [7, 11) is 0. The van der Waals surface area contributed by atoms with Crippen molar-refractivity contribution in [1.82, 2.24) is 4.90 Å². The molecule has 2 amide bonds. The second-order valence-corrected chi connectivity index (χ2v) is 6.61. The van der Waals surface area contributed by atoms with E-state index in [4.69, 9.17) is 0 Å². The highest BCUT2D eigenvalue weighted by Crippen LogP contribution is 2.30. The van der Waals surface area contributed by atoms with Gasteiger partial charge in [-0.25, -0.2) is 0 Å². The molecule has 2 fully saturated rings. The standard InChI is InChI=1S/C18H24N2O3/c1-12-5-6-14(10-13(12)2)20-9-7-16(18(20)23)17(22)19-8-3-4-15(19)11-21/h5-6,10,15-16,21H,3-4,7-9,11H2,1-2H3/t15-,16?/m1/s1. The molecule has 3 rings (SSSR count). The normalized spacial score (nSPS) is 24.6. The molecule has 124 valence electrons. The summed E-state index contributed by atoms with van der Waals surface area (Å²) >= 11 is 0. The lowest BCUT2D eigenvalue weighted by atomic mass is 10.1. The van der Waals surface area contributed by atoms with Crippen LogP contribution in [0.1, 0.15) is 30.4 Å². The number of carbonyl (C=O) groups is 2. The van der Waals surface area contributed by atoms with E-state index in [0.717, 1.165) is 24.1 Å². The van der Waals surface area contributed by atoms with Gasteiger partial charge in [-0.05, 0) is 56.4 Å². The molecule has 5 heteroatoms. The predicted octanol–water partition coefficient (Wildman–Crippen LogP) is 1.64. The minimum atomic E-state index is -0.594. The average Bonchev–Trinajstić information content (AvgIpc) is 3.16. The van der Waals surface area contributed by atoms with Gasteiger partial charge in [-0.2, -0.15) is 0 Å². The van der Waals surface area contributed by atoms with Crippen LogP contribution < -0.4 is 4.90 Å². The van der Waals surface area contributed by atoms with E-state index in [2.05, 4.69) is 0 Å². The van der Waals surface area contributed by atoms with Crippen LogP contribution in [0.15, 0.2) is 18.2 Å². The van der Waals surface area contributed by atoms with Crippen molar-refractivity contribution in [2.45, 2.75) is 39.2 Å². The molecule has 2 aliphatic heterocycles. The van der Waals surface area contributed by atoms with E-state index in [9.17, 15) is 14.7 Å². The highest BCUT2D eigenvalue weighted by atomic mass is 16.3. The lowest BCUT2D eigenvalue weighted by Gasteiger charge is -2.25. The number of anilines is 1. The molecule has 0 spiro atoms. The fourth-order valence-corrected chi connectivity index (χ4v) is 3.57. The zero-order valence-electron chi connectivity index (χ0n) is 13.8. The van der Waals surface area contributed by atoms with E-state index < -0.39 is 5.92 Å². The molecule has 1 aromatic carbocycles. The van der Waals surface area contributed by atoms with Gasteiger partial charge in [-0.1, -0.05) is 6.07 Å². The highest BCUT2D eigenvalue weighted by molar-refractivity contribution is 6.09. The second-order valence-electron chi connectivity index (χ2n) is 6.61. The Labute approximate surface area is 136 Å². The van der Waals surface area contributed by atoms with Gasteiger partial charge < -0.3 is 14.9 Å². The van der Waals surface area contributed by atoms with Crippen LogP contribution in [0.25, 0.3) is 0 Å². The van der Waals surface area contributed by atoms with E-state index in [-0.39, 0.29) is 24.5 Å². The van der Waals surface area contributed by atoms with Crippen LogP contribution in [0.4, 0.5) is 5.69 Å². The van der Waals surface area contributed by atoms with Crippen LogP contribution in [-0.2, 0) is 9.59 Å². The summed E-state index contributed by atoms with van der Waals surface area (Å²) in [5, 5.41) is 9.39. The van der Waals surface area contributed by atoms with Gasteiger partial charge in [-0.3, -0.25) is 9.59 Å². The number of aliphatic hydroxyl groups excluding tert-OH is 1. The van der Waals surface area contributed by atoms with Crippen LogP contribution in [0.3, 0.4) is 0 Å². The molecule has 1 aromatic rings. The maximum Gasteiger partial charge on any atom is 0.239 e. The molecule has 0 saturated carbocycles. The Hall–Kier alpha value is -1.88. The Balaban J connectivity index is 1.76. The van der Waals surface area contributed by atoms with Gasteiger partial charge in [0.25, 0.3) is 0 Å². The molecule has 23 heavy (non-hydrogen) atoms. The SMILES string of the molecule is Cc1ccc(N2CCC(C(=O)N3CCC[C@@H]3CO)C2=O)cc1C. The summed E-state index contributed by atoms with van der Waals surface area (Å²) < 4.78 is 0. The zero-order chi connectivity index (χ0) is 16.6. The first-order valence-electron chi connectivity index (χ1n) is 8.33. The smallest absolute Gasteiger partial charge is 0.239 e. The topological polar surface area (TPSA) is 60.9 Å². The Morgan fingerprint density at radius 2 is 2.00 bits per heavy atom. The van der Waals surface area contributed by atoms with Crippen LogP contribution in [0.2, 0.25) is 0 Å². The Bertz CT molecular complexity index is 629. The van der Waals surface area contributed by atoms with Crippen LogP contribution in [0.5, 0.6) is 0 Å². The molecule has 0 bridgehead atoms. The molecule has 2 saturated heterocycles. The Morgan fingerprint density at radius 3 is 2.70 bits per heavy atom. The summed E-state index contributed by atoms with van der Waals surface area (Å²) in [6.07, 6.45) is 2.28. The number of nitrogens with zero attached hydrogens (tertiary/aromatic N) is 2. The third kappa shape index (κ3) is 2.85. The number of hydrogen-bond donors (Lipinski definition) is 1. The zero-order valence-corrected chi connectivity index (χ0v) is 13.8. The summed E-state index contributed by atoms with van der Waals surface area (Å²) in [6.45, 7) is 5.28. The van der Waals surface area contributed by atoms with Gasteiger partial charge >= 0.3 is 0 Å². The molecule has 1 N–H and O–H groups in total. The van der Waals surface area contributed by atoms with Crippen molar-refractivity contribution in [2.75, 3.05) is 24.6 Å². The van der Waals surface area contributed by atoms with E-state index in [1.54, 1.807) is 9.80 Å². The van der Waals surface area contributed by atoms with Crippen LogP contribution in [0, 0.1) is 19.8 Å². The lowest BCUT2D eigenvalue weighted by molar-refractivity contribution is -0.141. The average molecular weight is 316 g/mol. The molecule has 2 atom stereocenters. The van der Waals surface area contributed by atoms with Crippen molar-refractivity contribution in [3.63, 3.8) is 0 Å². The molecule has 5 nitrogen and oxygen atoms in total. The summed E-state index contributed by atoms with van der Waals surface area (Å²) in [4.78, 5) is 28.8. The molecule has 2 heterocycles. The summed E-state index contributed by atoms with van der Waals surface area (Å²) in [6, 6.07) is 5.84. The van der Waals surface area contributed by atoms with Crippen molar-refractivity contribution in [3.05, 3.63) is 29.3 Å². The van der Waals surface area contributed by atoms with E-state index in [1.165, 1.54) is 5.56 Å². The minimum Gasteiger partial charge on any atom is -0.394 e. The van der Waals surface area contributed by atoms with E-state index >= 15 is 0 Å². The monoisotopic (exact) mass is 316 g/mol. The number of benzene rings is 1. The Kier molecular flexibility index (Phi) is 4.39. The first-order chi connectivity index (χ1) is 11.0. The van der Waals surface area contributed by atoms with Gasteiger partial charge in [-0.15, -0.1) is 0 Å². The number of aryl methyl sites for hydroxylation is 2. The summed E-state index contributed by atoms with van der Waals surface area (Å²) in [5.74, 6) is -0.816. The number of hydrogen-bond acceptors (Lipinski definition) is 3. The fraction of sp³-hybridized carbons (Fsp3) is 0.556. The third-order valence-corrected chi connectivity index (χ3v) is 5.18. The van der Waals surface area contributed by atoms with E-state index in [1.807, 2.05) is 32.0 Å². The highest BCUT2D eigenvalue weighted by Gasteiger charge is 2.42. The maximum absolute atomic E-state index is 12.7. The van der Waals surface area contributed by atoms with Crippen molar-refractivity contribution in [2.24, 2.45) is 5.92 Å². The van der Waals surface area contributed by atoms with E-state index in [0.29, 0.717) is 19.5 Å². The summed E-state index contributed by atoms with van der Waals surface area (Å²) in [5.41, 5.74) is 3.20. The number of aliphatic hydroxyl groups is 1. The largest absolute Gasteiger partial charge is 0.394 e. The van der Waals surface area contributed by atoms with Crippen molar-refractivity contribution in [3.8, 4) is 0 Å². The van der Waals surface area contributed by atoms with Gasteiger partial charge in [0.1, 0.15) is 5.92 Å². The number of likely N-dealkylation sites (tertiary alicyclic amines) is 1. The molecule has 2 aliphatic rings. The van der Waals surface area contributed by atoms with Crippen LogP contribution in [-0.4, -0.2) is 47.6 Å². The molecular weight excluding hydrogens is 292 g/mol.